The van der Waals surface area contributed by atoms with Gasteiger partial charge >= 0.3 is 11.8 Å². The average Bonchev–Trinajstić information content (AvgIpc) is 2.59. The minimum absolute atomic E-state index is 0.396. The largest absolute Gasteiger partial charge is 0.476 e. The molecule has 4 heteroatoms. The normalized spacial score (nSPS) is 19.7. The van der Waals surface area contributed by atoms with Gasteiger partial charge in [-0.05, 0) is 45.8 Å². The van der Waals surface area contributed by atoms with Gasteiger partial charge in [-0.1, -0.05) is 36.4 Å². The van der Waals surface area contributed by atoms with Crippen LogP contribution < -0.4 is 4.74 Å². The van der Waals surface area contributed by atoms with Gasteiger partial charge in [0.25, 0.3) is 0 Å². The van der Waals surface area contributed by atoms with Crippen molar-refractivity contribution in [1.82, 2.24) is 0 Å². The van der Waals surface area contributed by atoms with Crippen molar-refractivity contribution in [2.75, 3.05) is 0 Å². The molecule has 1 heterocycles. The van der Waals surface area contributed by atoms with Gasteiger partial charge in [-0.25, -0.2) is 4.79 Å². The van der Waals surface area contributed by atoms with Crippen LogP contribution in [-0.4, -0.2) is 22.0 Å². The highest BCUT2D eigenvalue weighted by atomic mass is 16.6. The number of carboxylic acids is 1. The molecule has 0 saturated carbocycles. The molecular weight excluding hydrogens is 304 g/mol. The third-order valence-corrected chi connectivity index (χ3v) is 4.68. The maximum absolute atomic E-state index is 11.3. The first kappa shape index (κ1) is 13.3. The van der Waals surface area contributed by atoms with E-state index in [4.69, 9.17) is 4.74 Å². The van der Waals surface area contributed by atoms with Gasteiger partial charge in [0.15, 0.2) is 0 Å². The number of rotatable bonds is 1. The fourth-order valence-electron chi connectivity index (χ4n) is 3.55. The number of carbonyl (C=O) groups is 1. The standard InChI is InChI=1S/C20H12O4/c21-19(22)20(23)9-8-14-10-13-5-4-11-2-1-3-12-6-7-15(18(14)24-20)17(13)16(11)12/h1-10,23H,(H,21,22). The molecule has 4 aromatic carbocycles. The van der Waals surface area contributed by atoms with Crippen molar-refractivity contribution in [3.05, 3.63) is 60.2 Å². The van der Waals surface area contributed by atoms with Gasteiger partial charge in [0, 0.05) is 16.3 Å². The second-order valence-electron chi connectivity index (χ2n) is 6.09. The maximum Gasteiger partial charge on any atom is 0.381 e. The lowest BCUT2D eigenvalue weighted by molar-refractivity contribution is -0.179. The summed E-state index contributed by atoms with van der Waals surface area (Å²) in [5, 5.41) is 25.7. The lowest BCUT2D eigenvalue weighted by Gasteiger charge is -2.27. The highest BCUT2D eigenvalue weighted by Crippen LogP contribution is 2.43. The maximum atomic E-state index is 11.3. The van der Waals surface area contributed by atoms with E-state index in [1.165, 1.54) is 0 Å². The Labute approximate surface area is 136 Å². The van der Waals surface area contributed by atoms with Gasteiger partial charge < -0.3 is 14.9 Å². The van der Waals surface area contributed by atoms with Crippen LogP contribution in [0.25, 0.3) is 38.4 Å². The van der Waals surface area contributed by atoms with Gasteiger partial charge in [0.1, 0.15) is 5.75 Å². The molecule has 1 unspecified atom stereocenters. The number of aliphatic carboxylic acids is 1. The van der Waals surface area contributed by atoms with Crippen LogP contribution in [0.1, 0.15) is 5.56 Å². The SMILES string of the molecule is O=C(O)C1(O)C=Cc2cc3ccc4cccc5ccc(c2O1)c3c45. The number of benzene rings is 4. The first-order valence-electron chi connectivity index (χ1n) is 7.61. The van der Waals surface area contributed by atoms with Crippen LogP contribution >= 0.6 is 0 Å². The van der Waals surface area contributed by atoms with Crippen LogP contribution in [0.4, 0.5) is 0 Å². The molecule has 0 saturated heterocycles. The Kier molecular flexibility index (Phi) is 2.36. The number of fused-ring (bicyclic) bond motifs is 2. The molecule has 1 atom stereocenters. The molecule has 0 fully saturated rings. The van der Waals surface area contributed by atoms with E-state index in [1.807, 2.05) is 24.3 Å². The molecule has 5 rings (SSSR count). The molecule has 116 valence electrons. The predicted octanol–water partition coefficient (Wildman–Crippen LogP) is 3.76. The third kappa shape index (κ3) is 1.58. The van der Waals surface area contributed by atoms with Crippen molar-refractivity contribution >= 4 is 44.4 Å². The van der Waals surface area contributed by atoms with Gasteiger partial charge in [0.2, 0.25) is 0 Å². The molecule has 0 aliphatic carbocycles. The fraction of sp³-hybridized carbons (Fsp3) is 0.0500. The highest BCUT2D eigenvalue weighted by Gasteiger charge is 2.39. The topological polar surface area (TPSA) is 66.8 Å². The molecule has 1 aliphatic rings. The Hall–Kier alpha value is -3.11. The van der Waals surface area contributed by atoms with E-state index < -0.39 is 11.8 Å². The van der Waals surface area contributed by atoms with Gasteiger partial charge in [0.05, 0.1) is 0 Å². The van der Waals surface area contributed by atoms with Gasteiger partial charge in [-0.15, -0.1) is 0 Å². The molecule has 2 N–H and O–H groups in total. The summed E-state index contributed by atoms with van der Waals surface area (Å²) in [4.78, 5) is 11.3. The number of hydrogen-bond donors (Lipinski definition) is 2. The van der Waals surface area contributed by atoms with Gasteiger partial charge in [-0.2, -0.15) is 0 Å². The molecule has 1 aliphatic heterocycles. The van der Waals surface area contributed by atoms with Crippen LogP contribution in [0.2, 0.25) is 0 Å². The van der Waals surface area contributed by atoms with Crippen LogP contribution in [0, 0.1) is 0 Å². The van der Waals surface area contributed by atoms with Crippen molar-refractivity contribution in [2.24, 2.45) is 0 Å². The average molecular weight is 316 g/mol. The summed E-state index contributed by atoms with van der Waals surface area (Å²) in [5.41, 5.74) is 0.756. The highest BCUT2D eigenvalue weighted by molar-refractivity contribution is 6.24. The summed E-state index contributed by atoms with van der Waals surface area (Å²) in [6.45, 7) is 0. The molecule has 0 radical (unpaired) electrons. The van der Waals surface area contributed by atoms with E-state index in [9.17, 15) is 15.0 Å². The lowest BCUT2D eigenvalue weighted by atomic mass is 9.91. The Morgan fingerprint density at radius 2 is 1.67 bits per heavy atom. The quantitative estimate of drug-likeness (QED) is 0.525. The van der Waals surface area contributed by atoms with Crippen LogP contribution in [0.3, 0.4) is 0 Å². The van der Waals surface area contributed by atoms with Crippen LogP contribution in [0.15, 0.2) is 54.6 Å². The minimum Gasteiger partial charge on any atom is -0.476 e. The van der Waals surface area contributed by atoms with Crippen molar-refractivity contribution in [2.45, 2.75) is 5.79 Å². The fourth-order valence-corrected chi connectivity index (χ4v) is 3.55. The van der Waals surface area contributed by atoms with Gasteiger partial charge in [-0.3, -0.25) is 0 Å². The summed E-state index contributed by atoms with van der Waals surface area (Å²) in [7, 11) is 0. The number of carboxylic acid groups (broad SMARTS) is 1. The van der Waals surface area contributed by atoms with Crippen LogP contribution in [0.5, 0.6) is 5.75 Å². The zero-order valence-corrected chi connectivity index (χ0v) is 12.5. The van der Waals surface area contributed by atoms with E-state index in [0.29, 0.717) is 5.75 Å². The van der Waals surface area contributed by atoms with E-state index in [1.54, 1.807) is 6.08 Å². The van der Waals surface area contributed by atoms with Crippen molar-refractivity contribution in [3.8, 4) is 5.75 Å². The van der Waals surface area contributed by atoms with E-state index in [-0.39, 0.29) is 0 Å². The van der Waals surface area contributed by atoms with Crippen molar-refractivity contribution < 1.29 is 19.7 Å². The van der Waals surface area contributed by atoms with E-state index >= 15 is 0 Å². The van der Waals surface area contributed by atoms with Crippen molar-refractivity contribution in [3.63, 3.8) is 0 Å². The summed E-state index contributed by atoms with van der Waals surface area (Å²) < 4.78 is 5.51. The first-order chi connectivity index (χ1) is 11.6. The summed E-state index contributed by atoms with van der Waals surface area (Å²) in [6.07, 6.45) is 2.76. The first-order valence-corrected chi connectivity index (χ1v) is 7.61. The summed E-state index contributed by atoms with van der Waals surface area (Å²) in [6, 6.07) is 16.1. The molecule has 0 aromatic heterocycles. The second kappa shape index (κ2) is 4.24. The van der Waals surface area contributed by atoms with Crippen molar-refractivity contribution in [1.29, 1.82) is 0 Å². The zero-order chi connectivity index (χ0) is 16.5. The molecule has 0 spiro atoms. The monoisotopic (exact) mass is 316 g/mol. The summed E-state index contributed by atoms with van der Waals surface area (Å²) >= 11 is 0. The number of aliphatic hydroxyl groups is 1. The number of hydrogen-bond acceptors (Lipinski definition) is 3. The molecule has 4 nitrogen and oxygen atoms in total. The molecular formula is C20H12O4. The Morgan fingerprint density at radius 3 is 2.42 bits per heavy atom. The van der Waals surface area contributed by atoms with E-state index in [2.05, 4.69) is 24.3 Å². The Bertz CT molecular complexity index is 1160. The smallest absolute Gasteiger partial charge is 0.381 e. The zero-order valence-electron chi connectivity index (χ0n) is 12.5. The second-order valence-corrected chi connectivity index (χ2v) is 6.09. The number of ether oxygens (including phenoxy) is 1. The molecule has 4 aromatic rings. The van der Waals surface area contributed by atoms with Crippen LogP contribution in [-0.2, 0) is 4.79 Å². The third-order valence-electron chi connectivity index (χ3n) is 4.68. The summed E-state index contributed by atoms with van der Waals surface area (Å²) in [5.74, 6) is -3.38. The predicted molar refractivity (Wildman–Crippen MR) is 92.4 cm³/mol. The molecule has 0 amide bonds. The molecule has 24 heavy (non-hydrogen) atoms. The Morgan fingerprint density at radius 1 is 0.958 bits per heavy atom. The van der Waals surface area contributed by atoms with E-state index in [0.717, 1.165) is 44.0 Å². The lowest BCUT2D eigenvalue weighted by Crippen LogP contribution is -2.43. The minimum atomic E-state index is -2.34. The Balaban J connectivity index is 1.94. The molecule has 0 bridgehead atoms.